The average Bonchev–Trinajstić information content (AvgIpc) is 2.88. The van der Waals surface area contributed by atoms with Gasteiger partial charge in [0.2, 0.25) is 0 Å². The van der Waals surface area contributed by atoms with Crippen molar-refractivity contribution in [2.45, 2.75) is 0 Å². The second-order valence-corrected chi connectivity index (χ2v) is 4.03. The first kappa shape index (κ1) is 7.76. The van der Waals surface area contributed by atoms with Crippen molar-refractivity contribution in [3.63, 3.8) is 0 Å². The van der Waals surface area contributed by atoms with Crippen LogP contribution in [0.3, 0.4) is 0 Å². The lowest BCUT2D eigenvalue weighted by molar-refractivity contribution is 1.34. The van der Waals surface area contributed by atoms with Gasteiger partial charge in [0.15, 0.2) is 0 Å². The predicted octanol–water partition coefficient (Wildman–Crippen LogP) is 3.29. The van der Waals surface area contributed by atoms with E-state index in [0.29, 0.717) is 0 Å². The van der Waals surface area contributed by atoms with Gasteiger partial charge in [0.25, 0.3) is 0 Å². The smallest absolute Gasteiger partial charge is 0.0968 e. The lowest BCUT2D eigenvalue weighted by atomic mass is 10.1. The molecule has 2 aromatic heterocycles. The van der Waals surface area contributed by atoms with E-state index < -0.39 is 0 Å². The Balaban J connectivity index is 2.36. The number of fused-ring (bicyclic) bond motifs is 1. The summed E-state index contributed by atoms with van der Waals surface area (Å²) in [5, 5.41) is 2.08. The predicted molar refractivity (Wildman–Crippen MR) is 59.4 cm³/mol. The van der Waals surface area contributed by atoms with Crippen LogP contribution >= 0.6 is 11.3 Å². The van der Waals surface area contributed by atoms with Crippen LogP contribution in [-0.4, -0.2) is 9.97 Å². The third-order valence-corrected chi connectivity index (χ3v) is 3.14. The molecule has 0 aliphatic heterocycles. The molecule has 0 unspecified atom stereocenters. The molecule has 0 aliphatic rings. The maximum absolute atomic E-state index is 4.33. The van der Waals surface area contributed by atoms with Gasteiger partial charge in [0.1, 0.15) is 0 Å². The molecular formula is C11H8N2S. The molecule has 0 bridgehead atoms. The third-order valence-electron chi connectivity index (χ3n) is 2.24. The average molecular weight is 200 g/mol. The molecule has 0 radical (unpaired) electrons. The molecule has 1 aromatic carbocycles. The Kier molecular flexibility index (Phi) is 1.64. The number of hydrogen-bond donors (Lipinski definition) is 1. The fraction of sp³-hybridized carbons (Fsp3) is 0. The summed E-state index contributed by atoms with van der Waals surface area (Å²) in [4.78, 5) is 8.71. The zero-order valence-corrected chi connectivity index (χ0v) is 8.21. The number of H-pyrrole nitrogens is 1. The summed E-state index contributed by atoms with van der Waals surface area (Å²) < 4.78 is 0. The van der Waals surface area contributed by atoms with Crippen LogP contribution in [0.25, 0.3) is 21.5 Å². The van der Waals surface area contributed by atoms with Crippen molar-refractivity contribution in [3.8, 4) is 10.4 Å². The number of aromatic nitrogens is 2. The van der Waals surface area contributed by atoms with E-state index in [9.17, 15) is 0 Å². The Bertz CT molecular complexity index is 551. The first-order valence-corrected chi connectivity index (χ1v) is 5.29. The van der Waals surface area contributed by atoms with Crippen molar-refractivity contribution < 1.29 is 0 Å². The summed E-state index contributed by atoms with van der Waals surface area (Å²) in [6.45, 7) is 0. The molecular weight excluding hydrogens is 192 g/mol. The molecule has 3 rings (SSSR count). The summed E-state index contributed by atoms with van der Waals surface area (Å²) in [5.41, 5.74) is 3.35. The number of nitrogens with one attached hydrogen (secondary N) is 1. The zero-order valence-electron chi connectivity index (χ0n) is 7.40. The van der Waals surface area contributed by atoms with Gasteiger partial charge in [-0.25, -0.2) is 4.98 Å². The minimum absolute atomic E-state index is 1.05. The second-order valence-electron chi connectivity index (χ2n) is 3.08. The standard InChI is InChI=1S/C11H8N2S/c1-3-8(10-5-2-6-14-10)11-9(4-1)12-7-13-11/h1-7H,(H,12,13). The fourth-order valence-corrected chi connectivity index (χ4v) is 2.35. The van der Waals surface area contributed by atoms with E-state index in [1.54, 1.807) is 17.7 Å². The van der Waals surface area contributed by atoms with Crippen molar-refractivity contribution >= 4 is 22.4 Å². The lowest BCUT2D eigenvalue weighted by Crippen LogP contribution is -1.75. The number of hydrogen-bond acceptors (Lipinski definition) is 2. The van der Waals surface area contributed by atoms with Gasteiger partial charge >= 0.3 is 0 Å². The van der Waals surface area contributed by atoms with Crippen LogP contribution < -0.4 is 0 Å². The Morgan fingerprint density at radius 2 is 2.14 bits per heavy atom. The molecule has 0 atom stereocenters. The second kappa shape index (κ2) is 2.96. The highest BCUT2D eigenvalue weighted by Gasteiger charge is 2.05. The molecule has 1 N–H and O–H groups in total. The summed E-state index contributed by atoms with van der Waals surface area (Å²) in [6.07, 6.45) is 1.74. The first-order chi connectivity index (χ1) is 6.95. The van der Waals surface area contributed by atoms with Crippen LogP contribution in [0.1, 0.15) is 0 Å². The molecule has 2 nitrogen and oxygen atoms in total. The molecule has 3 aromatic rings. The molecule has 3 heteroatoms. The van der Waals surface area contributed by atoms with Gasteiger partial charge in [-0.3, -0.25) is 0 Å². The Morgan fingerprint density at radius 3 is 3.00 bits per heavy atom. The Hall–Kier alpha value is -1.61. The molecule has 0 saturated heterocycles. The highest BCUT2D eigenvalue weighted by molar-refractivity contribution is 7.13. The van der Waals surface area contributed by atoms with Gasteiger partial charge in [-0.2, -0.15) is 0 Å². The molecule has 0 saturated carbocycles. The summed E-state index contributed by atoms with van der Waals surface area (Å²) in [5.74, 6) is 0. The largest absolute Gasteiger partial charge is 0.345 e. The summed E-state index contributed by atoms with van der Waals surface area (Å²) in [7, 11) is 0. The number of aromatic amines is 1. The van der Waals surface area contributed by atoms with Crippen molar-refractivity contribution in [1.29, 1.82) is 0 Å². The van der Waals surface area contributed by atoms with Crippen LogP contribution in [0.15, 0.2) is 42.0 Å². The molecule has 0 aliphatic carbocycles. The van der Waals surface area contributed by atoms with Crippen molar-refractivity contribution in [3.05, 3.63) is 42.0 Å². The van der Waals surface area contributed by atoms with Crippen molar-refractivity contribution in [1.82, 2.24) is 9.97 Å². The van der Waals surface area contributed by atoms with Crippen molar-refractivity contribution in [2.24, 2.45) is 0 Å². The molecule has 68 valence electrons. The van der Waals surface area contributed by atoms with E-state index >= 15 is 0 Å². The Labute approximate surface area is 85.2 Å². The van der Waals surface area contributed by atoms with Gasteiger partial charge in [-0.05, 0) is 17.5 Å². The van der Waals surface area contributed by atoms with E-state index in [0.717, 1.165) is 11.0 Å². The summed E-state index contributed by atoms with van der Waals surface area (Å²) in [6, 6.07) is 10.4. The fourth-order valence-electron chi connectivity index (χ4n) is 1.60. The monoisotopic (exact) mass is 200 g/mol. The highest BCUT2D eigenvalue weighted by Crippen LogP contribution is 2.29. The van der Waals surface area contributed by atoms with E-state index in [1.165, 1.54) is 10.4 Å². The Morgan fingerprint density at radius 1 is 1.14 bits per heavy atom. The molecule has 0 spiro atoms. The van der Waals surface area contributed by atoms with Crippen LogP contribution in [0, 0.1) is 0 Å². The maximum Gasteiger partial charge on any atom is 0.0968 e. The zero-order chi connectivity index (χ0) is 9.38. The van der Waals surface area contributed by atoms with Gasteiger partial charge in [-0.1, -0.05) is 18.2 Å². The minimum atomic E-state index is 1.05. The lowest BCUT2D eigenvalue weighted by Gasteiger charge is -1.97. The van der Waals surface area contributed by atoms with Gasteiger partial charge in [0, 0.05) is 10.4 Å². The number of imidazole rings is 1. The minimum Gasteiger partial charge on any atom is -0.345 e. The molecule has 2 heterocycles. The number of thiophene rings is 1. The van der Waals surface area contributed by atoms with Gasteiger partial charge < -0.3 is 4.98 Å². The van der Waals surface area contributed by atoms with Gasteiger partial charge in [-0.15, -0.1) is 11.3 Å². The maximum atomic E-state index is 4.33. The van der Waals surface area contributed by atoms with Crippen LogP contribution in [0.5, 0.6) is 0 Å². The van der Waals surface area contributed by atoms with Gasteiger partial charge in [0.05, 0.1) is 17.4 Å². The SMILES string of the molecule is c1csc(-c2cccc3[nH]cnc23)c1. The third kappa shape index (κ3) is 1.06. The topological polar surface area (TPSA) is 28.7 Å². The number of para-hydroxylation sites is 1. The van der Waals surface area contributed by atoms with E-state index in [2.05, 4.69) is 39.6 Å². The van der Waals surface area contributed by atoms with Crippen LogP contribution in [-0.2, 0) is 0 Å². The molecule has 0 fully saturated rings. The van der Waals surface area contributed by atoms with E-state index in [1.807, 2.05) is 6.07 Å². The number of rotatable bonds is 1. The van der Waals surface area contributed by atoms with Crippen LogP contribution in [0.4, 0.5) is 0 Å². The molecule has 0 amide bonds. The number of nitrogens with zero attached hydrogens (tertiary/aromatic N) is 1. The normalized spacial score (nSPS) is 10.9. The molecule has 14 heavy (non-hydrogen) atoms. The summed E-state index contributed by atoms with van der Waals surface area (Å²) >= 11 is 1.74. The quantitative estimate of drug-likeness (QED) is 0.641. The van der Waals surface area contributed by atoms with E-state index in [-0.39, 0.29) is 0 Å². The number of benzene rings is 1. The first-order valence-electron chi connectivity index (χ1n) is 4.41. The van der Waals surface area contributed by atoms with E-state index in [4.69, 9.17) is 0 Å². The van der Waals surface area contributed by atoms with Crippen LogP contribution in [0.2, 0.25) is 0 Å². The van der Waals surface area contributed by atoms with Crippen molar-refractivity contribution in [2.75, 3.05) is 0 Å². The highest BCUT2D eigenvalue weighted by atomic mass is 32.1.